The minimum atomic E-state index is 0.0682. The Hall–Kier alpha value is -1.06. The van der Waals surface area contributed by atoms with E-state index < -0.39 is 0 Å². The van der Waals surface area contributed by atoms with Crippen LogP contribution in [0, 0.1) is 0 Å². The number of ether oxygens (including phenoxy) is 1. The summed E-state index contributed by atoms with van der Waals surface area (Å²) in [4.78, 5) is 2.35. The summed E-state index contributed by atoms with van der Waals surface area (Å²) >= 11 is 0. The van der Waals surface area contributed by atoms with Crippen LogP contribution in [-0.4, -0.2) is 36.8 Å². The first-order valence-electron chi connectivity index (χ1n) is 7.20. The van der Waals surface area contributed by atoms with Gasteiger partial charge in [0, 0.05) is 5.56 Å². The standard InChI is InChI=1S/C16H25NO2/c1-12(2)13-6-7-14(16(10-13)19-3)15(11-18)17-8-4-5-9-17/h6-7,10,12,15,18H,4-5,8-9,11H2,1-3H3. The minimum absolute atomic E-state index is 0.0682. The van der Waals surface area contributed by atoms with Crippen molar-refractivity contribution < 1.29 is 9.84 Å². The predicted octanol–water partition coefficient (Wildman–Crippen LogP) is 2.95. The third-order valence-corrected chi connectivity index (χ3v) is 4.04. The topological polar surface area (TPSA) is 32.7 Å². The molecule has 3 heteroatoms. The molecular weight excluding hydrogens is 238 g/mol. The first kappa shape index (κ1) is 14.4. The lowest BCUT2D eigenvalue weighted by molar-refractivity contribution is 0.144. The number of aliphatic hydroxyl groups excluding tert-OH is 1. The van der Waals surface area contributed by atoms with Gasteiger partial charge >= 0.3 is 0 Å². The number of rotatable bonds is 5. The highest BCUT2D eigenvalue weighted by Crippen LogP contribution is 2.33. The molecule has 1 heterocycles. The number of benzene rings is 1. The lowest BCUT2D eigenvalue weighted by Crippen LogP contribution is -2.28. The Labute approximate surface area is 116 Å². The molecule has 1 aromatic carbocycles. The third kappa shape index (κ3) is 3.10. The Kier molecular flexibility index (Phi) is 4.83. The van der Waals surface area contributed by atoms with Crippen LogP contribution in [0.1, 0.15) is 49.8 Å². The van der Waals surface area contributed by atoms with Crippen molar-refractivity contribution in [3.8, 4) is 5.75 Å². The average Bonchev–Trinajstić information content (AvgIpc) is 2.93. The van der Waals surface area contributed by atoms with Crippen LogP contribution in [0.3, 0.4) is 0 Å². The van der Waals surface area contributed by atoms with E-state index >= 15 is 0 Å². The van der Waals surface area contributed by atoms with E-state index in [4.69, 9.17) is 4.74 Å². The fourth-order valence-electron chi connectivity index (χ4n) is 2.83. The second kappa shape index (κ2) is 6.40. The van der Waals surface area contributed by atoms with Crippen molar-refractivity contribution >= 4 is 0 Å². The summed E-state index contributed by atoms with van der Waals surface area (Å²) in [6, 6.07) is 6.45. The molecule has 1 N–H and O–H groups in total. The number of nitrogens with zero attached hydrogens (tertiary/aromatic N) is 1. The summed E-state index contributed by atoms with van der Waals surface area (Å²) in [6.07, 6.45) is 2.45. The second-order valence-corrected chi connectivity index (χ2v) is 5.60. The fourth-order valence-corrected chi connectivity index (χ4v) is 2.83. The maximum atomic E-state index is 9.74. The first-order chi connectivity index (χ1) is 9.17. The van der Waals surface area contributed by atoms with Gasteiger partial charge in [0.05, 0.1) is 19.8 Å². The molecule has 0 radical (unpaired) electrons. The van der Waals surface area contributed by atoms with Gasteiger partial charge in [0.1, 0.15) is 5.75 Å². The van der Waals surface area contributed by atoms with Crippen molar-refractivity contribution in [3.05, 3.63) is 29.3 Å². The highest BCUT2D eigenvalue weighted by Gasteiger charge is 2.25. The molecule has 1 atom stereocenters. The van der Waals surface area contributed by atoms with Crippen molar-refractivity contribution in [2.24, 2.45) is 0 Å². The molecule has 1 aliphatic heterocycles. The summed E-state index contributed by atoms with van der Waals surface area (Å²) in [5.41, 5.74) is 2.38. The lowest BCUT2D eigenvalue weighted by Gasteiger charge is -2.27. The van der Waals surface area contributed by atoms with Gasteiger partial charge in [-0.15, -0.1) is 0 Å². The Morgan fingerprint density at radius 3 is 2.47 bits per heavy atom. The molecule has 1 fully saturated rings. The molecule has 0 aliphatic carbocycles. The van der Waals surface area contributed by atoms with E-state index in [9.17, 15) is 5.11 Å². The first-order valence-corrected chi connectivity index (χ1v) is 7.20. The van der Waals surface area contributed by atoms with Gasteiger partial charge in [-0.25, -0.2) is 0 Å². The molecule has 1 aromatic rings. The number of hydrogen-bond donors (Lipinski definition) is 1. The lowest BCUT2D eigenvalue weighted by atomic mass is 9.97. The molecule has 0 spiro atoms. The normalized spacial score (nSPS) is 17.9. The summed E-state index contributed by atoms with van der Waals surface area (Å²) in [6.45, 7) is 6.65. The van der Waals surface area contributed by atoms with E-state index in [1.165, 1.54) is 18.4 Å². The van der Waals surface area contributed by atoms with Crippen LogP contribution in [0.25, 0.3) is 0 Å². The van der Waals surface area contributed by atoms with E-state index in [-0.39, 0.29) is 12.6 Å². The molecule has 0 bridgehead atoms. The number of likely N-dealkylation sites (tertiary alicyclic amines) is 1. The van der Waals surface area contributed by atoms with E-state index in [2.05, 4.69) is 36.9 Å². The minimum Gasteiger partial charge on any atom is -0.496 e. The van der Waals surface area contributed by atoms with E-state index in [1.807, 2.05) is 0 Å². The molecule has 19 heavy (non-hydrogen) atoms. The molecule has 1 saturated heterocycles. The van der Waals surface area contributed by atoms with Crippen LogP contribution >= 0.6 is 0 Å². The average molecular weight is 263 g/mol. The maximum Gasteiger partial charge on any atom is 0.124 e. The van der Waals surface area contributed by atoms with Crippen molar-refractivity contribution in [2.45, 2.75) is 38.6 Å². The van der Waals surface area contributed by atoms with Gasteiger partial charge in [0.2, 0.25) is 0 Å². The molecule has 0 saturated carbocycles. The molecule has 3 nitrogen and oxygen atoms in total. The predicted molar refractivity (Wildman–Crippen MR) is 77.7 cm³/mol. The van der Waals surface area contributed by atoms with E-state index in [0.717, 1.165) is 24.4 Å². The number of aliphatic hydroxyl groups is 1. The highest BCUT2D eigenvalue weighted by molar-refractivity contribution is 5.41. The van der Waals surface area contributed by atoms with E-state index in [0.29, 0.717) is 5.92 Å². The van der Waals surface area contributed by atoms with Crippen LogP contribution in [-0.2, 0) is 0 Å². The Bertz CT molecular complexity index is 411. The maximum absolute atomic E-state index is 9.74. The summed E-state index contributed by atoms with van der Waals surface area (Å²) in [5, 5.41) is 9.74. The van der Waals surface area contributed by atoms with Gasteiger partial charge < -0.3 is 9.84 Å². The molecular formula is C16H25NO2. The largest absolute Gasteiger partial charge is 0.496 e. The smallest absolute Gasteiger partial charge is 0.124 e. The van der Waals surface area contributed by atoms with Crippen LogP contribution in [0.5, 0.6) is 5.75 Å². The van der Waals surface area contributed by atoms with Crippen LogP contribution in [0.2, 0.25) is 0 Å². The van der Waals surface area contributed by atoms with Gasteiger partial charge in [-0.05, 0) is 43.5 Å². The molecule has 0 amide bonds. The van der Waals surface area contributed by atoms with Crippen molar-refractivity contribution in [1.82, 2.24) is 4.90 Å². The molecule has 1 unspecified atom stereocenters. The zero-order chi connectivity index (χ0) is 13.8. The molecule has 106 valence electrons. The van der Waals surface area contributed by atoms with Gasteiger partial charge in [0.15, 0.2) is 0 Å². The summed E-state index contributed by atoms with van der Waals surface area (Å²) < 4.78 is 5.54. The van der Waals surface area contributed by atoms with Gasteiger partial charge in [-0.2, -0.15) is 0 Å². The Balaban J connectivity index is 2.30. The monoisotopic (exact) mass is 263 g/mol. The van der Waals surface area contributed by atoms with Crippen molar-refractivity contribution in [3.63, 3.8) is 0 Å². The van der Waals surface area contributed by atoms with Crippen molar-refractivity contribution in [2.75, 3.05) is 26.8 Å². The van der Waals surface area contributed by atoms with Crippen LogP contribution in [0.4, 0.5) is 0 Å². The van der Waals surface area contributed by atoms with E-state index in [1.54, 1.807) is 7.11 Å². The zero-order valence-electron chi connectivity index (χ0n) is 12.2. The summed E-state index contributed by atoms with van der Waals surface area (Å²) in [7, 11) is 1.71. The Morgan fingerprint density at radius 2 is 1.95 bits per heavy atom. The number of methoxy groups -OCH3 is 1. The highest BCUT2D eigenvalue weighted by atomic mass is 16.5. The zero-order valence-corrected chi connectivity index (χ0v) is 12.2. The quantitative estimate of drug-likeness (QED) is 0.886. The SMILES string of the molecule is COc1cc(C(C)C)ccc1C(CO)N1CCCC1. The van der Waals surface area contributed by atoms with Crippen LogP contribution < -0.4 is 4.74 Å². The van der Waals surface area contributed by atoms with Crippen LogP contribution in [0.15, 0.2) is 18.2 Å². The van der Waals surface area contributed by atoms with Gasteiger partial charge in [0.25, 0.3) is 0 Å². The molecule has 0 aromatic heterocycles. The number of hydrogen-bond acceptors (Lipinski definition) is 3. The second-order valence-electron chi connectivity index (χ2n) is 5.60. The molecule has 1 aliphatic rings. The third-order valence-electron chi connectivity index (χ3n) is 4.04. The Morgan fingerprint density at radius 1 is 1.26 bits per heavy atom. The molecule has 2 rings (SSSR count). The fraction of sp³-hybridized carbons (Fsp3) is 0.625. The van der Waals surface area contributed by atoms with Crippen molar-refractivity contribution in [1.29, 1.82) is 0 Å². The van der Waals surface area contributed by atoms with Gasteiger partial charge in [-0.1, -0.05) is 26.0 Å². The van der Waals surface area contributed by atoms with Gasteiger partial charge in [-0.3, -0.25) is 4.90 Å². The summed E-state index contributed by atoms with van der Waals surface area (Å²) in [5.74, 6) is 1.39.